The predicted octanol–water partition coefficient (Wildman–Crippen LogP) is 4.52. The van der Waals surface area contributed by atoms with Crippen molar-refractivity contribution >= 4 is 40.5 Å². The van der Waals surface area contributed by atoms with Crippen molar-refractivity contribution in [2.75, 3.05) is 28.8 Å². The Morgan fingerprint density at radius 2 is 1.84 bits per heavy atom. The molecule has 1 amide bonds. The summed E-state index contributed by atoms with van der Waals surface area (Å²) < 4.78 is 0. The Kier molecular flexibility index (Phi) is 4.66. The fourth-order valence-electron chi connectivity index (χ4n) is 7.30. The van der Waals surface area contributed by atoms with Gasteiger partial charge in [-0.15, -0.1) is 11.8 Å². The first-order valence-electron chi connectivity index (χ1n) is 12.3. The number of hydrogen-bond donors (Lipinski definition) is 2. The number of ketones is 1. The summed E-state index contributed by atoms with van der Waals surface area (Å²) in [6.45, 7) is 2.14. The van der Waals surface area contributed by atoms with Crippen LogP contribution in [0.4, 0.5) is 17.1 Å². The molecule has 2 N–H and O–H groups in total. The molecule has 7 rings (SSSR count). The second kappa shape index (κ2) is 7.66. The standard InChI is InChI=1S/C28H24N4O4S/c1-16-9-11-17(12-10-16)23-22-13-37-15-31(22)28(19-6-2-3-7-20(19)30-26(28)34)27(23)14-29-24-18(25(27)33)5-4-8-21(24)32(35)36/h2-12,22-23,29H,13-15H2,1H3,(H,30,34)/t22-,23-,27-,28-/m1/s1. The lowest BCUT2D eigenvalue weighted by Gasteiger charge is -2.48. The third-order valence-corrected chi connectivity index (χ3v) is 9.71. The Bertz CT molecular complexity index is 1510. The van der Waals surface area contributed by atoms with E-state index in [2.05, 4.69) is 27.7 Å². The van der Waals surface area contributed by atoms with Crippen molar-refractivity contribution < 1.29 is 14.5 Å². The van der Waals surface area contributed by atoms with Crippen LogP contribution in [0, 0.1) is 22.5 Å². The zero-order chi connectivity index (χ0) is 25.5. The van der Waals surface area contributed by atoms with Crippen LogP contribution in [-0.2, 0) is 10.3 Å². The van der Waals surface area contributed by atoms with E-state index in [9.17, 15) is 19.7 Å². The number of nitrogens with zero attached hydrogens (tertiary/aromatic N) is 2. The summed E-state index contributed by atoms with van der Waals surface area (Å²) in [5.41, 5.74) is 1.52. The smallest absolute Gasteiger partial charge is 0.293 e. The van der Waals surface area contributed by atoms with Crippen LogP contribution < -0.4 is 10.6 Å². The van der Waals surface area contributed by atoms with E-state index in [1.54, 1.807) is 23.9 Å². The normalized spacial score (nSPS) is 29.6. The lowest BCUT2D eigenvalue weighted by atomic mass is 9.56. The number of anilines is 2. The van der Waals surface area contributed by atoms with Crippen LogP contribution in [0.15, 0.2) is 66.7 Å². The molecule has 37 heavy (non-hydrogen) atoms. The molecule has 9 heteroatoms. The van der Waals surface area contributed by atoms with Gasteiger partial charge in [0.1, 0.15) is 11.2 Å². The summed E-state index contributed by atoms with van der Waals surface area (Å²) in [6.07, 6.45) is 0. The summed E-state index contributed by atoms with van der Waals surface area (Å²) in [7, 11) is 0. The second-order valence-corrected chi connectivity index (χ2v) is 11.2. The highest BCUT2D eigenvalue weighted by molar-refractivity contribution is 7.99. The predicted molar refractivity (Wildman–Crippen MR) is 142 cm³/mol. The van der Waals surface area contributed by atoms with Gasteiger partial charge in [-0.3, -0.25) is 24.6 Å². The minimum Gasteiger partial charge on any atom is -0.378 e. The molecular weight excluding hydrogens is 488 g/mol. The van der Waals surface area contributed by atoms with Crippen LogP contribution in [0.25, 0.3) is 0 Å². The molecule has 2 saturated heterocycles. The number of thioether (sulfide) groups is 1. The molecule has 4 aliphatic rings. The van der Waals surface area contributed by atoms with E-state index in [1.165, 1.54) is 6.07 Å². The Balaban J connectivity index is 1.56. The van der Waals surface area contributed by atoms with Crippen LogP contribution in [-0.4, -0.2) is 45.7 Å². The van der Waals surface area contributed by atoms with Crippen LogP contribution in [0.5, 0.6) is 0 Å². The van der Waals surface area contributed by atoms with Crippen LogP contribution in [0.2, 0.25) is 0 Å². The van der Waals surface area contributed by atoms with Crippen molar-refractivity contribution in [2.45, 2.75) is 24.4 Å². The summed E-state index contributed by atoms with van der Waals surface area (Å²) >= 11 is 1.77. The van der Waals surface area contributed by atoms with E-state index in [-0.39, 0.29) is 47.1 Å². The minimum atomic E-state index is -1.25. The van der Waals surface area contributed by atoms with Gasteiger partial charge in [-0.1, -0.05) is 54.1 Å². The average Bonchev–Trinajstić information content (AvgIpc) is 3.54. The molecule has 4 heterocycles. The van der Waals surface area contributed by atoms with Gasteiger partial charge in [0.25, 0.3) is 11.6 Å². The first-order chi connectivity index (χ1) is 17.9. The van der Waals surface area contributed by atoms with Crippen molar-refractivity contribution in [3.63, 3.8) is 0 Å². The maximum absolute atomic E-state index is 14.9. The fourth-order valence-corrected chi connectivity index (χ4v) is 8.60. The van der Waals surface area contributed by atoms with E-state index < -0.39 is 15.9 Å². The minimum absolute atomic E-state index is 0.0596. The summed E-state index contributed by atoms with van der Waals surface area (Å²) in [5, 5.41) is 18.2. The molecule has 0 aliphatic carbocycles. The molecule has 0 unspecified atom stereocenters. The molecule has 0 aromatic heterocycles. The number of nitrogens with one attached hydrogen (secondary N) is 2. The van der Waals surface area contributed by atoms with E-state index in [1.807, 2.05) is 43.3 Å². The maximum Gasteiger partial charge on any atom is 0.293 e. The topological polar surface area (TPSA) is 105 Å². The van der Waals surface area contributed by atoms with Crippen molar-refractivity contribution in [3.05, 3.63) is 99.1 Å². The molecule has 8 nitrogen and oxygen atoms in total. The van der Waals surface area contributed by atoms with E-state index >= 15 is 0 Å². The molecule has 3 aromatic carbocycles. The highest BCUT2D eigenvalue weighted by Crippen LogP contribution is 2.68. The van der Waals surface area contributed by atoms with Crippen LogP contribution >= 0.6 is 11.8 Å². The zero-order valence-corrected chi connectivity index (χ0v) is 20.9. The molecule has 0 bridgehead atoms. The van der Waals surface area contributed by atoms with Gasteiger partial charge in [-0.25, -0.2) is 0 Å². The first-order valence-corrected chi connectivity index (χ1v) is 13.4. The first kappa shape index (κ1) is 22.5. The van der Waals surface area contributed by atoms with Crippen LogP contribution in [0.1, 0.15) is 33.0 Å². The number of benzene rings is 3. The Morgan fingerprint density at radius 1 is 1.05 bits per heavy atom. The molecular formula is C28H24N4O4S. The van der Waals surface area contributed by atoms with E-state index in [0.29, 0.717) is 11.6 Å². The molecule has 0 saturated carbocycles. The third-order valence-electron chi connectivity index (χ3n) is 8.67. The molecule has 4 aliphatic heterocycles. The number of carbonyl (C=O) groups is 2. The number of fused-ring (bicyclic) bond motifs is 6. The van der Waals surface area contributed by atoms with Gasteiger partial charge in [0.15, 0.2) is 5.78 Å². The summed E-state index contributed by atoms with van der Waals surface area (Å²) in [4.78, 5) is 42.8. The van der Waals surface area contributed by atoms with Crippen molar-refractivity contribution in [2.24, 2.45) is 5.41 Å². The van der Waals surface area contributed by atoms with Crippen molar-refractivity contribution in [3.8, 4) is 0 Å². The van der Waals surface area contributed by atoms with Gasteiger partial charge in [-0.2, -0.15) is 0 Å². The fraction of sp³-hybridized carbons (Fsp3) is 0.286. The number of nitro groups is 1. The number of hydrogen-bond acceptors (Lipinski definition) is 7. The molecule has 186 valence electrons. The van der Waals surface area contributed by atoms with Gasteiger partial charge in [0.2, 0.25) is 0 Å². The summed E-state index contributed by atoms with van der Waals surface area (Å²) in [5.74, 6) is 0.673. The maximum atomic E-state index is 14.9. The average molecular weight is 513 g/mol. The van der Waals surface area contributed by atoms with Crippen molar-refractivity contribution in [1.29, 1.82) is 0 Å². The van der Waals surface area contributed by atoms with Gasteiger partial charge in [0, 0.05) is 53.0 Å². The largest absolute Gasteiger partial charge is 0.378 e. The summed E-state index contributed by atoms with van der Waals surface area (Å²) in [6, 6.07) is 20.4. The number of para-hydroxylation sites is 2. The van der Waals surface area contributed by atoms with Gasteiger partial charge >= 0.3 is 0 Å². The Hall–Kier alpha value is -3.69. The quantitative estimate of drug-likeness (QED) is 0.384. The Morgan fingerprint density at radius 3 is 2.62 bits per heavy atom. The molecule has 4 atom stereocenters. The molecule has 2 spiro atoms. The molecule has 2 fully saturated rings. The van der Waals surface area contributed by atoms with Gasteiger partial charge in [-0.05, 0) is 24.6 Å². The third kappa shape index (κ3) is 2.63. The number of rotatable bonds is 2. The lowest BCUT2D eigenvalue weighted by Crippen LogP contribution is -2.63. The highest BCUT2D eigenvalue weighted by atomic mass is 32.2. The SMILES string of the molecule is Cc1ccc([C@@H]2[C@H]3CSCN3[C@]3(C(=O)Nc4ccccc43)[C@]23CNc2c(cccc2[N+](=O)[O-])C3=O)cc1. The van der Waals surface area contributed by atoms with Gasteiger partial charge in [0.05, 0.1) is 10.3 Å². The number of carbonyl (C=O) groups excluding carboxylic acids is 2. The van der Waals surface area contributed by atoms with Crippen LogP contribution in [0.3, 0.4) is 0 Å². The van der Waals surface area contributed by atoms with Gasteiger partial charge < -0.3 is 10.6 Å². The molecule has 3 aromatic rings. The number of amides is 1. The molecule has 0 radical (unpaired) electrons. The van der Waals surface area contributed by atoms with Crippen molar-refractivity contribution in [1.82, 2.24) is 4.90 Å². The number of Topliss-reactive ketones (excluding diaryl/α,β-unsaturated/α-hetero) is 1. The number of aryl methyl sites for hydroxylation is 1. The monoisotopic (exact) mass is 512 g/mol. The van der Waals surface area contributed by atoms with E-state index in [4.69, 9.17) is 0 Å². The number of nitro benzene ring substituents is 1. The second-order valence-electron chi connectivity index (χ2n) is 10.2. The lowest BCUT2D eigenvalue weighted by molar-refractivity contribution is -0.384. The van der Waals surface area contributed by atoms with E-state index in [0.717, 1.165) is 22.4 Å². The Labute approximate surface area is 217 Å². The zero-order valence-electron chi connectivity index (χ0n) is 20.1. The highest BCUT2D eigenvalue weighted by Gasteiger charge is 2.78.